The Balaban J connectivity index is 2.21. The molecule has 0 aliphatic heterocycles. The van der Waals surface area contributed by atoms with E-state index < -0.39 is 17.5 Å². The highest BCUT2D eigenvalue weighted by Crippen LogP contribution is 2.37. The van der Waals surface area contributed by atoms with Gasteiger partial charge in [-0.3, -0.25) is 9.78 Å². The molecule has 6 heteroatoms. The minimum atomic E-state index is -4.56. The fraction of sp³-hybridized carbons (Fsp3) is 0.0769. The topological polar surface area (TPSA) is 44.5 Å². The minimum absolute atomic E-state index is 0.000568. The van der Waals surface area contributed by atoms with Crippen LogP contribution in [0.3, 0.4) is 0 Å². The van der Waals surface area contributed by atoms with Crippen LogP contribution in [0.15, 0.2) is 48.5 Å². The van der Waals surface area contributed by atoms with Gasteiger partial charge in [-0.25, -0.2) is 0 Å². The second kappa shape index (κ2) is 5.09. The molecule has 2 rings (SSSR count). The van der Waals surface area contributed by atoms with Crippen molar-refractivity contribution >= 4 is 5.69 Å². The SMILES string of the molecule is Nc1ccc(OOc2ccccc2)c(C(F)(F)F)c1. The number of hydrogen-bond donors (Lipinski definition) is 1. The van der Waals surface area contributed by atoms with Gasteiger partial charge in [0.25, 0.3) is 0 Å². The molecule has 0 aromatic heterocycles. The molecule has 2 N–H and O–H groups in total. The number of para-hydroxylation sites is 1. The summed E-state index contributed by atoms with van der Waals surface area (Å²) in [7, 11) is 0. The van der Waals surface area contributed by atoms with E-state index in [1.54, 1.807) is 30.3 Å². The largest absolute Gasteiger partial charge is 0.420 e. The van der Waals surface area contributed by atoms with Gasteiger partial charge in [0.15, 0.2) is 11.5 Å². The van der Waals surface area contributed by atoms with E-state index in [1.165, 1.54) is 6.07 Å². The van der Waals surface area contributed by atoms with Crippen molar-refractivity contribution in [2.75, 3.05) is 5.73 Å². The van der Waals surface area contributed by atoms with Gasteiger partial charge in [0.2, 0.25) is 0 Å². The molecule has 0 saturated carbocycles. The number of halogens is 3. The molecule has 100 valence electrons. The molecule has 0 aliphatic rings. The molecule has 0 unspecified atom stereocenters. The van der Waals surface area contributed by atoms with Crippen molar-refractivity contribution in [3.63, 3.8) is 0 Å². The molecular formula is C13H10F3NO2. The number of benzene rings is 2. The van der Waals surface area contributed by atoms with Gasteiger partial charge in [0, 0.05) is 5.69 Å². The number of rotatable bonds is 3. The maximum absolute atomic E-state index is 12.8. The van der Waals surface area contributed by atoms with Crippen molar-refractivity contribution in [3.05, 3.63) is 54.1 Å². The van der Waals surface area contributed by atoms with E-state index in [2.05, 4.69) is 0 Å². The Morgan fingerprint density at radius 2 is 1.58 bits per heavy atom. The smallest absolute Gasteiger partial charge is 0.399 e. The first kappa shape index (κ1) is 13.1. The molecule has 0 heterocycles. The van der Waals surface area contributed by atoms with E-state index in [1.807, 2.05) is 0 Å². The third kappa shape index (κ3) is 3.31. The van der Waals surface area contributed by atoms with Crippen LogP contribution in [0, 0.1) is 0 Å². The van der Waals surface area contributed by atoms with Gasteiger partial charge >= 0.3 is 6.18 Å². The van der Waals surface area contributed by atoms with Crippen LogP contribution in [-0.2, 0) is 6.18 Å². The van der Waals surface area contributed by atoms with Gasteiger partial charge in [-0.05, 0) is 30.3 Å². The number of nitrogens with two attached hydrogens (primary N) is 1. The molecule has 2 aromatic rings. The van der Waals surface area contributed by atoms with Crippen LogP contribution in [-0.4, -0.2) is 0 Å². The van der Waals surface area contributed by atoms with Gasteiger partial charge in [-0.1, -0.05) is 18.2 Å². The average Bonchev–Trinajstić information content (AvgIpc) is 2.37. The molecule has 19 heavy (non-hydrogen) atoms. The van der Waals surface area contributed by atoms with Crippen molar-refractivity contribution in [1.29, 1.82) is 0 Å². The Hall–Kier alpha value is -2.37. The minimum Gasteiger partial charge on any atom is -0.399 e. The highest BCUT2D eigenvalue weighted by molar-refractivity contribution is 5.49. The van der Waals surface area contributed by atoms with E-state index in [-0.39, 0.29) is 5.69 Å². The van der Waals surface area contributed by atoms with E-state index in [9.17, 15) is 13.2 Å². The maximum Gasteiger partial charge on any atom is 0.420 e. The molecule has 0 amide bonds. The summed E-state index contributed by atoms with van der Waals surface area (Å²) in [4.78, 5) is 9.56. The zero-order valence-electron chi connectivity index (χ0n) is 9.65. The Labute approximate surface area is 107 Å². The molecule has 0 bridgehead atoms. The van der Waals surface area contributed by atoms with Gasteiger partial charge in [-0.15, -0.1) is 0 Å². The van der Waals surface area contributed by atoms with Crippen molar-refractivity contribution in [3.8, 4) is 11.5 Å². The Kier molecular flexibility index (Phi) is 3.50. The molecule has 0 aliphatic carbocycles. The lowest BCUT2D eigenvalue weighted by Gasteiger charge is -2.13. The Morgan fingerprint density at radius 3 is 2.21 bits per heavy atom. The van der Waals surface area contributed by atoms with E-state index in [0.29, 0.717) is 5.75 Å². The number of alkyl halides is 3. The van der Waals surface area contributed by atoms with Crippen LogP contribution in [0.4, 0.5) is 18.9 Å². The highest BCUT2D eigenvalue weighted by atomic mass is 19.4. The number of hydrogen-bond acceptors (Lipinski definition) is 3. The van der Waals surface area contributed by atoms with Crippen LogP contribution in [0.2, 0.25) is 0 Å². The summed E-state index contributed by atoms with van der Waals surface area (Å²) < 4.78 is 38.3. The predicted octanol–water partition coefficient (Wildman–Crippen LogP) is 3.66. The summed E-state index contributed by atoms with van der Waals surface area (Å²) in [5, 5.41) is 0. The molecular weight excluding hydrogens is 259 g/mol. The van der Waals surface area contributed by atoms with Crippen LogP contribution < -0.4 is 15.5 Å². The first-order valence-corrected chi connectivity index (χ1v) is 5.33. The summed E-state index contributed by atoms with van der Waals surface area (Å²) in [5.74, 6) is -0.141. The lowest BCUT2D eigenvalue weighted by Crippen LogP contribution is -2.11. The predicted molar refractivity (Wildman–Crippen MR) is 63.6 cm³/mol. The highest BCUT2D eigenvalue weighted by Gasteiger charge is 2.35. The summed E-state index contributed by atoms with van der Waals surface area (Å²) in [5.41, 5.74) is 4.35. The number of anilines is 1. The van der Waals surface area contributed by atoms with E-state index >= 15 is 0 Å². The second-order valence-electron chi connectivity index (χ2n) is 3.73. The molecule has 0 saturated heterocycles. The summed E-state index contributed by atoms with van der Waals surface area (Å²) in [6.07, 6.45) is -4.56. The van der Waals surface area contributed by atoms with Crippen molar-refractivity contribution < 1.29 is 22.9 Å². The summed E-state index contributed by atoms with van der Waals surface area (Å²) in [6, 6.07) is 11.4. The lowest BCUT2D eigenvalue weighted by molar-refractivity contribution is -0.150. The average molecular weight is 269 g/mol. The van der Waals surface area contributed by atoms with E-state index in [0.717, 1.165) is 12.1 Å². The normalized spacial score (nSPS) is 11.1. The van der Waals surface area contributed by atoms with Crippen LogP contribution >= 0.6 is 0 Å². The summed E-state index contributed by atoms with van der Waals surface area (Å²) >= 11 is 0. The fourth-order valence-electron chi connectivity index (χ4n) is 1.41. The van der Waals surface area contributed by atoms with E-state index in [4.69, 9.17) is 15.5 Å². The lowest BCUT2D eigenvalue weighted by atomic mass is 10.2. The number of nitrogen functional groups attached to an aromatic ring is 1. The molecule has 0 radical (unpaired) electrons. The standard InChI is InChI=1S/C13H10F3NO2/c14-13(15,16)11-8-9(17)6-7-12(11)19-18-10-4-2-1-3-5-10/h1-8H,17H2. The Bertz CT molecular complexity index is 556. The Morgan fingerprint density at radius 1 is 0.895 bits per heavy atom. The molecule has 3 nitrogen and oxygen atoms in total. The quantitative estimate of drug-likeness (QED) is 0.525. The van der Waals surface area contributed by atoms with Crippen LogP contribution in [0.25, 0.3) is 0 Å². The second-order valence-corrected chi connectivity index (χ2v) is 3.73. The third-order valence-electron chi connectivity index (χ3n) is 2.28. The molecule has 2 aromatic carbocycles. The van der Waals surface area contributed by atoms with Crippen molar-refractivity contribution in [1.82, 2.24) is 0 Å². The summed E-state index contributed by atoms with van der Waals surface area (Å²) in [6.45, 7) is 0. The first-order valence-electron chi connectivity index (χ1n) is 5.33. The zero-order valence-corrected chi connectivity index (χ0v) is 9.65. The van der Waals surface area contributed by atoms with Gasteiger partial charge < -0.3 is 5.73 Å². The van der Waals surface area contributed by atoms with Crippen LogP contribution in [0.5, 0.6) is 11.5 Å². The van der Waals surface area contributed by atoms with Crippen molar-refractivity contribution in [2.24, 2.45) is 0 Å². The van der Waals surface area contributed by atoms with Crippen molar-refractivity contribution in [2.45, 2.75) is 6.18 Å². The molecule has 0 fully saturated rings. The monoisotopic (exact) mass is 269 g/mol. The van der Waals surface area contributed by atoms with Gasteiger partial charge in [0.1, 0.15) is 5.56 Å². The maximum atomic E-state index is 12.8. The van der Waals surface area contributed by atoms with Crippen LogP contribution in [0.1, 0.15) is 5.56 Å². The molecule has 0 spiro atoms. The fourth-order valence-corrected chi connectivity index (χ4v) is 1.41. The zero-order chi connectivity index (χ0) is 13.9. The molecule has 0 atom stereocenters. The third-order valence-corrected chi connectivity index (χ3v) is 2.28. The van der Waals surface area contributed by atoms with Gasteiger partial charge in [0.05, 0.1) is 0 Å². The first-order chi connectivity index (χ1) is 8.97. The van der Waals surface area contributed by atoms with Gasteiger partial charge in [-0.2, -0.15) is 13.2 Å².